The van der Waals surface area contributed by atoms with Crippen molar-refractivity contribution in [2.24, 2.45) is 0 Å². The molecule has 2 fully saturated rings. The number of hydrogen-bond acceptors (Lipinski definition) is 6. The second kappa shape index (κ2) is 1.34. The highest BCUT2D eigenvalue weighted by Crippen LogP contribution is 2.31. The number of carbonyl (C=O) groups is 2. The Morgan fingerprint density at radius 3 is 2.10 bits per heavy atom. The van der Waals surface area contributed by atoms with Crippen molar-refractivity contribution in [1.82, 2.24) is 0 Å². The van der Waals surface area contributed by atoms with Crippen LogP contribution in [0.5, 0.6) is 0 Å². The monoisotopic (exact) mass is 146 g/mol. The molecule has 2 rings (SSSR count). The molecular formula is C4H2O6. The molecule has 0 atom stereocenters. The predicted molar refractivity (Wildman–Crippen MR) is 22.7 cm³/mol. The quantitative estimate of drug-likeness (QED) is 0.447. The molecule has 0 saturated carbocycles. The molecule has 1 spiro atoms. The van der Waals surface area contributed by atoms with Crippen LogP contribution in [0.15, 0.2) is 0 Å². The van der Waals surface area contributed by atoms with Gasteiger partial charge in [0.1, 0.15) is 0 Å². The zero-order valence-electron chi connectivity index (χ0n) is 4.66. The Hall–Kier alpha value is -1.46. The van der Waals surface area contributed by atoms with E-state index in [0.29, 0.717) is 0 Å². The summed E-state index contributed by atoms with van der Waals surface area (Å²) in [6.45, 7) is -0.197. The lowest BCUT2D eigenvalue weighted by molar-refractivity contribution is -0.365. The largest absolute Gasteiger partial charge is 0.520 e. The fourth-order valence-electron chi connectivity index (χ4n) is 0.695. The van der Waals surface area contributed by atoms with Gasteiger partial charge >= 0.3 is 18.3 Å². The van der Waals surface area contributed by atoms with Crippen LogP contribution in [0.2, 0.25) is 0 Å². The highest BCUT2D eigenvalue weighted by Gasteiger charge is 2.59. The molecule has 10 heavy (non-hydrogen) atoms. The summed E-state index contributed by atoms with van der Waals surface area (Å²) in [6, 6.07) is 0. The van der Waals surface area contributed by atoms with Crippen LogP contribution in [0.4, 0.5) is 9.59 Å². The molecule has 0 N–H and O–H groups in total. The summed E-state index contributed by atoms with van der Waals surface area (Å²) >= 11 is 0. The molecule has 2 heterocycles. The molecule has 6 heteroatoms. The van der Waals surface area contributed by atoms with Crippen molar-refractivity contribution in [1.29, 1.82) is 0 Å². The summed E-state index contributed by atoms with van der Waals surface area (Å²) in [6.07, 6.45) is -1.76. The van der Waals surface area contributed by atoms with Gasteiger partial charge in [-0.2, -0.15) is 0 Å². The summed E-state index contributed by atoms with van der Waals surface area (Å²) in [5.74, 6) is -1.56. The fraction of sp³-hybridized carbons (Fsp3) is 0.500. The van der Waals surface area contributed by atoms with Crippen LogP contribution in [0.25, 0.3) is 0 Å². The number of hydrogen-bond donors (Lipinski definition) is 0. The topological polar surface area (TPSA) is 71.1 Å². The highest BCUT2D eigenvalue weighted by atomic mass is 17.1. The van der Waals surface area contributed by atoms with E-state index in [1.54, 1.807) is 0 Å². The van der Waals surface area contributed by atoms with Gasteiger partial charge in [0.05, 0.1) is 0 Å². The van der Waals surface area contributed by atoms with Crippen molar-refractivity contribution < 1.29 is 28.5 Å². The van der Waals surface area contributed by atoms with Crippen molar-refractivity contribution in [3.63, 3.8) is 0 Å². The molecule has 0 aromatic heterocycles. The van der Waals surface area contributed by atoms with Crippen molar-refractivity contribution in [3.8, 4) is 0 Å². The zero-order valence-corrected chi connectivity index (χ0v) is 4.66. The lowest BCUT2D eigenvalue weighted by Gasteiger charge is -2.30. The molecule has 0 bridgehead atoms. The van der Waals surface area contributed by atoms with E-state index in [1.165, 1.54) is 0 Å². The predicted octanol–water partition coefficient (Wildman–Crippen LogP) is -0.0262. The third-order valence-corrected chi connectivity index (χ3v) is 1.08. The molecule has 0 amide bonds. The van der Waals surface area contributed by atoms with Crippen molar-refractivity contribution in [2.75, 3.05) is 6.61 Å². The van der Waals surface area contributed by atoms with Gasteiger partial charge < -0.3 is 18.9 Å². The van der Waals surface area contributed by atoms with E-state index in [0.717, 1.165) is 0 Å². The van der Waals surface area contributed by atoms with Gasteiger partial charge in [0.25, 0.3) is 0 Å². The molecular weight excluding hydrogens is 144 g/mol. The summed E-state index contributed by atoms with van der Waals surface area (Å²) < 4.78 is 17.3. The maximum absolute atomic E-state index is 10.2. The minimum absolute atomic E-state index is 0.197. The third-order valence-electron chi connectivity index (χ3n) is 1.08. The number of ether oxygens (including phenoxy) is 4. The van der Waals surface area contributed by atoms with Crippen molar-refractivity contribution in [3.05, 3.63) is 0 Å². The van der Waals surface area contributed by atoms with Crippen molar-refractivity contribution in [2.45, 2.75) is 5.97 Å². The number of cyclic esters (lactones) is 1. The maximum Gasteiger partial charge on any atom is 0.520 e. The molecule has 0 unspecified atom stereocenters. The molecule has 0 radical (unpaired) electrons. The van der Waals surface area contributed by atoms with Gasteiger partial charge in [0.15, 0.2) is 0 Å². The summed E-state index contributed by atoms with van der Waals surface area (Å²) in [7, 11) is 0. The molecule has 2 aliphatic rings. The highest BCUT2D eigenvalue weighted by molar-refractivity contribution is 5.69. The lowest BCUT2D eigenvalue weighted by Crippen LogP contribution is -2.52. The standard InChI is InChI=1S/C4H2O6/c5-2-7-1-4(8-2)9-3(6)10-4/h1H2. The Morgan fingerprint density at radius 2 is 1.70 bits per heavy atom. The molecule has 2 saturated heterocycles. The molecule has 0 aromatic carbocycles. The average Bonchev–Trinajstić information content (AvgIpc) is 2.10. The molecule has 0 aliphatic carbocycles. The van der Waals surface area contributed by atoms with Crippen LogP contribution in [0.3, 0.4) is 0 Å². The van der Waals surface area contributed by atoms with Gasteiger partial charge in [-0.3, -0.25) is 0 Å². The molecule has 6 nitrogen and oxygen atoms in total. The maximum atomic E-state index is 10.2. The summed E-state index contributed by atoms with van der Waals surface area (Å²) in [5.41, 5.74) is 0. The van der Waals surface area contributed by atoms with Crippen LogP contribution in [0.1, 0.15) is 0 Å². The number of carbonyl (C=O) groups excluding carboxylic acids is 2. The summed E-state index contributed by atoms with van der Waals surface area (Å²) in [4.78, 5) is 20.3. The van der Waals surface area contributed by atoms with Crippen LogP contribution in [0, 0.1) is 0 Å². The van der Waals surface area contributed by atoms with Gasteiger partial charge in [-0.05, 0) is 0 Å². The van der Waals surface area contributed by atoms with E-state index in [1.807, 2.05) is 0 Å². The van der Waals surface area contributed by atoms with Gasteiger partial charge in [-0.25, -0.2) is 9.59 Å². The minimum atomic E-state index is -1.56. The average molecular weight is 146 g/mol. The Labute approximate surface area is 54.6 Å². The van der Waals surface area contributed by atoms with Gasteiger partial charge in [-0.1, -0.05) is 0 Å². The Morgan fingerprint density at radius 1 is 1.10 bits per heavy atom. The minimum Gasteiger partial charge on any atom is -0.421 e. The van der Waals surface area contributed by atoms with Crippen LogP contribution in [-0.2, 0) is 18.9 Å². The van der Waals surface area contributed by atoms with Gasteiger partial charge in [0, 0.05) is 0 Å². The lowest BCUT2D eigenvalue weighted by atomic mass is 10.5. The Balaban J connectivity index is 2.07. The SMILES string of the molecule is O=C1OCC2(O1)OC(=O)O2. The van der Waals surface area contributed by atoms with Crippen molar-refractivity contribution >= 4 is 12.3 Å². The first-order valence-electron chi connectivity index (χ1n) is 2.48. The van der Waals surface area contributed by atoms with Crippen LogP contribution in [-0.4, -0.2) is 24.9 Å². The number of rotatable bonds is 0. The second-order valence-corrected chi connectivity index (χ2v) is 1.78. The first kappa shape index (κ1) is 5.33. The van der Waals surface area contributed by atoms with E-state index in [4.69, 9.17) is 0 Å². The molecule has 2 aliphatic heterocycles. The Kier molecular flexibility index (Phi) is 0.712. The normalized spacial score (nSPS) is 26.0. The Bertz CT molecular complexity index is 200. The van der Waals surface area contributed by atoms with E-state index < -0.39 is 18.3 Å². The van der Waals surface area contributed by atoms with E-state index in [2.05, 4.69) is 18.9 Å². The van der Waals surface area contributed by atoms with Gasteiger partial charge in [-0.15, -0.1) is 0 Å². The first-order chi connectivity index (χ1) is 4.70. The smallest absolute Gasteiger partial charge is 0.421 e. The van der Waals surface area contributed by atoms with E-state index in [-0.39, 0.29) is 6.61 Å². The fourth-order valence-corrected chi connectivity index (χ4v) is 0.695. The zero-order chi connectivity index (χ0) is 7.19. The van der Waals surface area contributed by atoms with Gasteiger partial charge in [0.2, 0.25) is 6.61 Å². The molecule has 0 aromatic rings. The van der Waals surface area contributed by atoms with Crippen LogP contribution < -0.4 is 0 Å². The first-order valence-corrected chi connectivity index (χ1v) is 2.48. The third kappa shape index (κ3) is 0.526. The summed E-state index contributed by atoms with van der Waals surface area (Å²) in [5, 5.41) is 0. The van der Waals surface area contributed by atoms with E-state index >= 15 is 0 Å². The van der Waals surface area contributed by atoms with E-state index in [9.17, 15) is 9.59 Å². The second-order valence-electron chi connectivity index (χ2n) is 1.78. The van der Waals surface area contributed by atoms with Crippen LogP contribution >= 0.6 is 0 Å². The molecule has 54 valence electrons.